The number of hydrogen-bond acceptors (Lipinski definition) is 5. The molecule has 0 amide bonds. The van der Waals surface area contributed by atoms with Crippen molar-refractivity contribution in [1.29, 1.82) is 0 Å². The van der Waals surface area contributed by atoms with Crippen molar-refractivity contribution >= 4 is 34.2 Å². The third kappa shape index (κ3) is 9.37. The number of hydrogen-bond donors (Lipinski definition) is 0. The molecule has 0 aliphatic rings. The van der Waals surface area contributed by atoms with Gasteiger partial charge in [-0.05, 0) is 95.6 Å². The van der Waals surface area contributed by atoms with E-state index in [1.165, 1.54) is 30.9 Å². The summed E-state index contributed by atoms with van der Waals surface area (Å²) in [5, 5.41) is -0.637. The van der Waals surface area contributed by atoms with Crippen LogP contribution in [0.25, 0.3) is 28.5 Å². The smallest absolute Gasteiger partial charge is 0.273 e. The van der Waals surface area contributed by atoms with Gasteiger partial charge in [0.2, 0.25) is 11.2 Å². The highest BCUT2D eigenvalue weighted by molar-refractivity contribution is 14.1. The van der Waals surface area contributed by atoms with Crippen molar-refractivity contribution in [3.05, 3.63) is 104 Å². The quantitative estimate of drug-likeness (QED) is 0.103. The predicted octanol–water partition coefficient (Wildman–Crippen LogP) is 10.4. The lowest BCUT2D eigenvalue weighted by molar-refractivity contribution is -0.142. The molecule has 49 heavy (non-hydrogen) atoms. The van der Waals surface area contributed by atoms with Crippen LogP contribution in [0, 0.1) is 17.5 Å². The number of halogens is 14. The predicted molar refractivity (Wildman–Crippen MR) is 159 cm³/mol. The molecule has 0 bridgehead atoms. The molecule has 0 unspecified atom stereocenters. The monoisotopic (exact) mass is 838 g/mol. The van der Waals surface area contributed by atoms with Gasteiger partial charge in [0.15, 0.2) is 5.69 Å². The van der Waals surface area contributed by atoms with Crippen molar-refractivity contribution in [3.63, 3.8) is 0 Å². The maximum absolute atomic E-state index is 13.2. The lowest BCUT2D eigenvalue weighted by Gasteiger charge is -2.13. The maximum atomic E-state index is 13.2. The molecule has 0 N–H and O–H groups in total. The molecular weight excluding hydrogens is 823 g/mol. The normalized spacial score (nSPS) is 12.5. The fraction of sp³-hybridized carbons (Fsp3) is 0.207. The highest BCUT2D eigenvalue weighted by atomic mass is 127. The molecule has 0 fully saturated rings. The molecule has 260 valence electrons. The first-order chi connectivity index (χ1) is 22.4. The first-order valence-electron chi connectivity index (χ1n) is 13.1. The van der Waals surface area contributed by atoms with E-state index < -0.39 is 52.5 Å². The minimum Gasteiger partial charge on any atom is -0.273 e. The number of imidazole rings is 1. The summed E-state index contributed by atoms with van der Waals surface area (Å²) in [6.45, 7) is 2.44. The minimum absolute atomic E-state index is 0.0836. The van der Waals surface area contributed by atoms with Gasteiger partial charge in [0.05, 0.1) is 22.5 Å². The summed E-state index contributed by atoms with van der Waals surface area (Å²) in [6, 6.07) is 7.30. The molecule has 0 aliphatic carbocycles. The average molecular weight is 839 g/mol. The summed E-state index contributed by atoms with van der Waals surface area (Å²) in [4.78, 5) is 18.1. The van der Waals surface area contributed by atoms with E-state index in [0.717, 1.165) is 36.4 Å². The number of alkyl halides is 12. The second-order valence-corrected chi connectivity index (χ2v) is 11.4. The van der Waals surface area contributed by atoms with Crippen molar-refractivity contribution < 1.29 is 52.7 Å². The lowest BCUT2D eigenvalue weighted by Crippen LogP contribution is -2.12. The van der Waals surface area contributed by atoms with Crippen molar-refractivity contribution in [2.75, 3.05) is 0 Å². The summed E-state index contributed by atoms with van der Waals surface area (Å²) in [5.41, 5.74) is -4.60. The summed E-state index contributed by atoms with van der Waals surface area (Å²) < 4.78 is 156. The van der Waals surface area contributed by atoms with Crippen molar-refractivity contribution in [3.8, 4) is 28.5 Å². The Balaban J connectivity index is 0.000000226. The van der Waals surface area contributed by atoms with E-state index in [9.17, 15) is 52.7 Å². The topological polar surface area (TPSA) is 69.4 Å². The van der Waals surface area contributed by atoms with Gasteiger partial charge in [-0.15, -0.1) is 0 Å². The van der Waals surface area contributed by atoms with Gasteiger partial charge in [-0.2, -0.15) is 52.7 Å². The summed E-state index contributed by atoms with van der Waals surface area (Å²) in [5.74, 6) is -0.284. The Morgan fingerprint density at radius 1 is 0.592 bits per heavy atom. The van der Waals surface area contributed by atoms with Crippen LogP contribution in [0.1, 0.15) is 33.6 Å². The van der Waals surface area contributed by atoms with Gasteiger partial charge in [-0.1, -0.05) is 12.1 Å². The first-order valence-corrected chi connectivity index (χ1v) is 14.5. The Bertz CT molecular complexity index is 1980. The SMILES string of the molecule is Cc1cc(-c2cc(C(F)(F)F)nc(-n3cnc(I)c3)n2)ccc1C(F)(F)F.Cc1cc(-c2cc(C(F)(F)F)nc(Cl)n2)ccc1C(F)(F)F. The number of rotatable bonds is 3. The van der Waals surface area contributed by atoms with Gasteiger partial charge in [0, 0.05) is 17.3 Å². The van der Waals surface area contributed by atoms with Gasteiger partial charge in [-0.25, -0.2) is 24.9 Å². The zero-order chi connectivity index (χ0) is 36.7. The van der Waals surface area contributed by atoms with Crippen LogP contribution in [0.3, 0.4) is 0 Å². The van der Waals surface area contributed by atoms with E-state index in [1.54, 1.807) is 0 Å². The maximum Gasteiger partial charge on any atom is 0.433 e. The van der Waals surface area contributed by atoms with E-state index in [-0.39, 0.29) is 39.6 Å². The van der Waals surface area contributed by atoms with Gasteiger partial charge in [0.1, 0.15) is 15.7 Å². The van der Waals surface area contributed by atoms with Crippen molar-refractivity contribution in [2.24, 2.45) is 0 Å². The molecule has 20 heteroatoms. The molecule has 5 rings (SSSR count). The van der Waals surface area contributed by atoms with Crippen LogP contribution in [-0.2, 0) is 24.7 Å². The largest absolute Gasteiger partial charge is 0.433 e. The Hall–Kier alpha value is -4.01. The molecule has 6 nitrogen and oxygen atoms in total. The Morgan fingerprint density at radius 3 is 1.43 bits per heavy atom. The Kier molecular flexibility index (Phi) is 10.6. The lowest BCUT2D eigenvalue weighted by atomic mass is 10.0. The van der Waals surface area contributed by atoms with Crippen LogP contribution in [-0.4, -0.2) is 29.5 Å². The number of aryl methyl sites for hydroxylation is 2. The van der Waals surface area contributed by atoms with Crippen molar-refractivity contribution in [1.82, 2.24) is 29.5 Å². The number of aromatic nitrogens is 6. The summed E-state index contributed by atoms with van der Waals surface area (Å²) in [6.07, 6.45) is -15.9. The zero-order valence-electron chi connectivity index (χ0n) is 24.2. The highest BCUT2D eigenvalue weighted by Crippen LogP contribution is 2.37. The molecular formula is C29H16ClF12IN6. The fourth-order valence-electron chi connectivity index (χ4n) is 4.24. The average Bonchev–Trinajstić information content (AvgIpc) is 3.41. The molecule has 0 aliphatic heterocycles. The third-order valence-corrected chi connectivity index (χ3v) is 7.16. The Labute approximate surface area is 286 Å². The molecule has 3 aromatic heterocycles. The Morgan fingerprint density at radius 2 is 1.04 bits per heavy atom. The molecule has 0 saturated heterocycles. The van der Waals surface area contributed by atoms with Gasteiger partial charge in [0.25, 0.3) is 0 Å². The van der Waals surface area contributed by atoms with Crippen LogP contribution in [0.15, 0.2) is 61.1 Å². The third-order valence-electron chi connectivity index (χ3n) is 6.43. The van der Waals surface area contributed by atoms with Crippen LogP contribution in [0.2, 0.25) is 5.28 Å². The second kappa shape index (κ2) is 13.7. The van der Waals surface area contributed by atoms with Gasteiger partial charge < -0.3 is 0 Å². The highest BCUT2D eigenvalue weighted by Gasteiger charge is 2.36. The standard InChI is InChI=1S/C16H9F6IN4.C13H7ClF6N2/c1-8-4-9(2-3-10(8)15(17,18)19)11-5-12(16(20,21)22)26-14(25-11)27-6-13(23)24-7-27;1-6-4-7(2-3-8(6)12(15,16)17)9-5-10(13(18,19)20)22-11(14)21-9/h2-7H,1H3;2-5H,1H3. The number of nitrogens with zero attached hydrogens (tertiary/aromatic N) is 6. The zero-order valence-corrected chi connectivity index (χ0v) is 27.2. The molecule has 3 heterocycles. The van der Waals surface area contributed by atoms with E-state index >= 15 is 0 Å². The fourth-order valence-corrected chi connectivity index (χ4v) is 4.85. The van der Waals surface area contributed by atoms with Gasteiger partial charge in [-0.3, -0.25) is 4.57 Å². The van der Waals surface area contributed by atoms with Crippen LogP contribution in [0.4, 0.5) is 52.7 Å². The summed E-state index contributed by atoms with van der Waals surface area (Å²) >= 11 is 7.32. The van der Waals surface area contributed by atoms with Crippen LogP contribution < -0.4 is 0 Å². The van der Waals surface area contributed by atoms with Gasteiger partial charge >= 0.3 is 24.7 Å². The molecule has 2 aromatic carbocycles. The second-order valence-electron chi connectivity index (χ2n) is 10.00. The van der Waals surface area contributed by atoms with Crippen LogP contribution >= 0.6 is 34.2 Å². The molecule has 0 saturated carbocycles. The summed E-state index contributed by atoms with van der Waals surface area (Å²) in [7, 11) is 0. The molecule has 0 atom stereocenters. The van der Waals surface area contributed by atoms with E-state index in [0.29, 0.717) is 15.8 Å². The number of benzene rings is 2. The van der Waals surface area contributed by atoms with Crippen molar-refractivity contribution in [2.45, 2.75) is 38.6 Å². The molecule has 5 aromatic rings. The molecule has 0 radical (unpaired) electrons. The van der Waals surface area contributed by atoms with E-state index in [1.807, 2.05) is 22.6 Å². The van der Waals surface area contributed by atoms with E-state index in [4.69, 9.17) is 11.6 Å². The van der Waals surface area contributed by atoms with Crippen LogP contribution in [0.5, 0.6) is 0 Å². The van der Waals surface area contributed by atoms with E-state index in [2.05, 4.69) is 24.9 Å². The minimum atomic E-state index is -4.75. The molecule has 0 spiro atoms. The first kappa shape index (κ1) is 37.8.